The number of ketones is 1. The van der Waals surface area contributed by atoms with E-state index in [0.717, 1.165) is 30.8 Å². The molecule has 0 N–H and O–H groups in total. The van der Waals surface area contributed by atoms with Crippen LogP contribution in [0.3, 0.4) is 0 Å². The number of hydrogen-bond acceptors (Lipinski definition) is 2. The van der Waals surface area contributed by atoms with E-state index in [4.69, 9.17) is 0 Å². The van der Waals surface area contributed by atoms with Crippen molar-refractivity contribution in [3.05, 3.63) is 17.5 Å². The molecule has 3 heteroatoms. The fourth-order valence-corrected chi connectivity index (χ4v) is 1.85. The summed E-state index contributed by atoms with van der Waals surface area (Å²) in [6.45, 7) is 6.89. The first kappa shape index (κ1) is 12.9. The Morgan fingerprint density at radius 2 is 2.06 bits per heavy atom. The molecule has 1 heterocycles. The molecule has 3 nitrogen and oxygen atoms in total. The number of aromatic nitrogens is 2. The van der Waals surface area contributed by atoms with Gasteiger partial charge < -0.3 is 0 Å². The van der Waals surface area contributed by atoms with Gasteiger partial charge in [0.05, 0.1) is 5.69 Å². The molecule has 1 aromatic heterocycles. The summed E-state index contributed by atoms with van der Waals surface area (Å²) in [5.74, 6) is 0.235. The molecular formula is C13H22N2O. The van der Waals surface area contributed by atoms with E-state index in [1.54, 1.807) is 4.68 Å². The maximum absolute atomic E-state index is 11.9. The van der Waals surface area contributed by atoms with Gasteiger partial charge in [-0.1, -0.05) is 26.2 Å². The van der Waals surface area contributed by atoms with Crippen LogP contribution in [0.1, 0.15) is 62.1 Å². The van der Waals surface area contributed by atoms with E-state index in [1.807, 2.05) is 19.9 Å². The van der Waals surface area contributed by atoms with Crippen molar-refractivity contribution in [1.82, 2.24) is 9.78 Å². The van der Waals surface area contributed by atoms with E-state index in [0.29, 0.717) is 6.42 Å². The zero-order chi connectivity index (χ0) is 12.0. The second kappa shape index (κ2) is 6.46. The molecule has 16 heavy (non-hydrogen) atoms. The fraction of sp³-hybridized carbons (Fsp3) is 0.692. The zero-order valence-electron chi connectivity index (χ0n) is 10.6. The van der Waals surface area contributed by atoms with Crippen LogP contribution in [0, 0.1) is 6.92 Å². The van der Waals surface area contributed by atoms with Crippen molar-refractivity contribution < 1.29 is 4.79 Å². The molecular weight excluding hydrogens is 200 g/mol. The molecule has 90 valence electrons. The Kier molecular flexibility index (Phi) is 5.23. The highest BCUT2D eigenvalue weighted by Crippen LogP contribution is 2.10. The molecule has 0 radical (unpaired) electrons. The molecule has 0 bridgehead atoms. The zero-order valence-corrected chi connectivity index (χ0v) is 10.6. The fourth-order valence-electron chi connectivity index (χ4n) is 1.85. The summed E-state index contributed by atoms with van der Waals surface area (Å²) < 4.78 is 1.80. The van der Waals surface area contributed by atoms with Gasteiger partial charge in [0.2, 0.25) is 0 Å². The number of unbranched alkanes of at least 4 members (excludes halogenated alkanes) is 3. The van der Waals surface area contributed by atoms with Crippen LogP contribution in [-0.4, -0.2) is 15.6 Å². The van der Waals surface area contributed by atoms with Crippen LogP contribution < -0.4 is 0 Å². The first-order valence-corrected chi connectivity index (χ1v) is 6.26. The molecule has 0 saturated carbocycles. The Labute approximate surface area is 97.8 Å². The quantitative estimate of drug-likeness (QED) is 0.523. The van der Waals surface area contributed by atoms with Gasteiger partial charge in [0.1, 0.15) is 5.69 Å². The molecule has 0 spiro atoms. The molecule has 0 aliphatic rings. The highest BCUT2D eigenvalue weighted by molar-refractivity contribution is 5.94. The Bertz CT molecular complexity index is 342. The van der Waals surface area contributed by atoms with Crippen molar-refractivity contribution in [2.45, 2.75) is 59.4 Å². The minimum atomic E-state index is 0.235. The van der Waals surface area contributed by atoms with Crippen molar-refractivity contribution in [1.29, 1.82) is 0 Å². The SMILES string of the molecule is CCCCCCC(=O)c1cc(C)nn1CC. The lowest BCUT2D eigenvalue weighted by Crippen LogP contribution is -2.09. The smallest absolute Gasteiger partial charge is 0.180 e. The molecule has 1 rings (SSSR count). The highest BCUT2D eigenvalue weighted by Gasteiger charge is 2.12. The van der Waals surface area contributed by atoms with E-state index in [2.05, 4.69) is 12.0 Å². The molecule has 0 aromatic carbocycles. The normalized spacial score (nSPS) is 10.7. The average Bonchev–Trinajstić information content (AvgIpc) is 2.65. The van der Waals surface area contributed by atoms with Crippen LogP contribution in [-0.2, 0) is 6.54 Å². The van der Waals surface area contributed by atoms with Crippen LogP contribution in [0.5, 0.6) is 0 Å². The van der Waals surface area contributed by atoms with Gasteiger partial charge in [-0.2, -0.15) is 5.10 Å². The van der Waals surface area contributed by atoms with Gasteiger partial charge in [0.25, 0.3) is 0 Å². The van der Waals surface area contributed by atoms with Crippen molar-refractivity contribution in [2.75, 3.05) is 0 Å². The van der Waals surface area contributed by atoms with Gasteiger partial charge in [0.15, 0.2) is 5.78 Å². The van der Waals surface area contributed by atoms with Gasteiger partial charge in [-0.3, -0.25) is 9.48 Å². The van der Waals surface area contributed by atoms with E-state index >= 15 is 0 Å². The summed E-state index contributed by atoms with van der Waals surface area (Å²) in [4.78, 5) is 11.9. The molecule has 0 saturated heterocycles. The van der Waals surface area contributed by atoms with Crippen molar-refractivity contribution in [2.24, 2.45) is 0 Å². The second-order valence-corrected chi connectivity index (χ2v) is 4.22. The number of aryl methyl sites for hydroxylation is 2. The third kappa shape index (κ3) is 3.47. The van der Waals surface area contributed by atoms with Gasteiger partial charge >= 0.3 is 0 Å². The molecule has 0 amide bonds. The lowest BCUT2D eigenvalue weighted by molar-refractivity contribution is 0.0969. The number of rotatable bonds is 7. The first-order chi connectivity index (χ1) is 7.69. The van der Waals surface area contributed by atoms with Gasteiger partial charge in [-0.05, 0) is 26.3 Å². The number of hydrogen-bond donors (Lipinski definition) is 0. The molecule has 0 aliphatic heterocycles. The summed E-state index contributed by atoms with van der Waals surface area (Å²) in [6.07, 6.45) is 5.24. The van der Waals surface area contributed by atoms with E-state index in [-0.39, 0.29) is 5.78 Å². The third-order valence-electron chi connectivity index (χ3n) is 2.74. The minimum Gasteiger partial charge on any atom is -0.292 e. The number of Topliss-reactive ketones (excluding diaryl/α,β-unsaturated/α-hetero) is 1. The van der Waals surface area contributed by atoms with E-state index in [9.17, 15) is 4.79 Å². The lowest BCUT2D eigenvalue weighted by Gasteiger charge is -2.03. The Morgan fingerprint density at radius 3 is 2.69 bits per heavy atom. The van der Waals surface area contributed by atoms with Crippen molar-refractivity contribution in [3.63, 3.8) is 0 Å². The van der Waals surface area contributed by atoms with E-state index < -0.39 is 0 Å². The summed E-state index contributed by atoms with van der Waals surface area (Å²) in [7, 11) is 0. The van der Waals surface area contributed by atoms with Gasteiger partial charge in [-0.15, -0.1) is 0 Å². The predicted molar refractivity (Wildman–Crippen MR) is 65.7 cm³/mol. The van der Waals surface area contributed by atoms with Crippen LogP contribution in [0.25, 0.3) is 0 Å². The maximum Gasteiger partial charge on any atom is 0.180 e. The summed E-state index contributed by atoms with van der Waals surface area (Å²) in [5, 5.41) is 4.29. The number of carbonyl (C=O) groups excluding carboxylic acids is 1. The Morgan fingerprint density at radius 1 is 1.31 bits per heavy atom. The third-order valence-corrected chi connectivity index (χ3v) is 2.74. The lowest BCUT2D eigenvalue weighted by atomic mass is 10.1. The predicted octanol–water partition coefficient (Wildman–Crippen LogP) is 3.36. The van der Waals surface area contributed by atoms with Crippen LogP contribution in [0.15, 0.2) is 6.07 Å². The number of nitrogens with zero attached hydrogens (tertiary/aromatic N) is 2. The van der Waals surface area contributed by atoms with Crippen molar-refractivity contribution in [3.8, 4) is 0 Å². The highest BCUT2D eigenvalue weighted by atomic mass is 16.1. The Hall–Kier alpha value is -1.12. The second-order valence-electron chi connectivity index (χ2n) is 4.22. The van der Waals surface area contributed by atoms with Gasteiger partial charge in [0, 0.05) is 13.0 Å². The average molecular weight is 222 g/mol. The minimum absolute atomic E-state index is 0.235. The van der Waals surface area contributed by atoms with Gasteiger partial charge in [-0.25, -0.2) is 0 Å². The molecule has 0 aliphatic carbocycles. The molecule has 1 aromatic rings. The summed E-state index contributed by atoms with van der Waals surface area (Å²) >= 11 is 0. The summed E-state index contributed by atoms with van der Waals surface area (Å²) in [6, 6.07) is 1.89. The van der Waals surface area contributed by atoms with Crippen LogP contribution in [0.2, 0.25) is 0 Å². The monoisotopic (exact) mass is 222 g/mol. The maximum atomic E-state index is 11.9. The first-order valence-electron chi connectivity index (χ1n) is 6.26. The van der Waals surface area contributed by atoms with Crippen molar-refractivity contribution >= 4 is 5.78 Å². The largest absolute Gasteiger partial charge is 0.292 e. The topological polar surface area (TPSA) is 34.9 Å². The molecule has 0 unspecified atom stereocenters. The molecule has 0 fully saturated rings. The van der Waals surface area contributed by atoms with Crippen LogP contribution >= 0.6 is 0 Å². The standard InChI is InChI=1S/C13H22N2O/c1-4-6-7-8-9-13(16)12-10-11(3)14-15(12)5-2/h10H,4-9H2,1-3H3. The van der Waals surface area contributed by atoms with Crippen LogP contribution in [0.4, 0.5) is 0 Å². The Balaban J connectivity index is 2.51. The molecule has 0 atom stereocenters. The summed E-state index contributed by atoms with van der Waals surface area (Å²) in [5.41, 5.74) is 1.70. The number of carbonyl (C=O) groups is 1. The van der Waals surface area contributed by atoms with E-state index in [1.165, 1.54) is 12.8 Å².